The summed E-state index contributed by atoms with van der Waals surface area (Å²) in [6.45, 7) is 8.10. The van der Waals surface area contributed by atoms with E-state index in [9.17, 15) is 19.2 Å². The summed E-state index contributed by atoms with van der Waals surface area (Å²) in [6, 6.07) is 8.95. The monoisotopic (exact) mass is 594 g/mol. The summed E-state index contributed by atoms with van der Waals surface area (Å²) in [5.74, 6) is -0.729. The van der Waals surface area contributed by atoms with Crippen molar-refractivity contribution in [2.24, 2.45) is 4.99 Å². The number of fused-ring (bicyclic) bond motifs is 1. The van der Waals surface area contributed by atoms with E-state index in [0.29, 0.717) is 27.4 Å². The lowest BCUT2D eigenvalue weighted by Crippen LogP contribution is -2.40. The highest BCUT2D eigenvalue weighted by atomic mass is 32.1. The Balaban J connectivity index is 1.98. The summed E-state index contributed by atoms with van der Waals surface area (Å²) >= 11 is 1.11. The third kappa shape index (κ3) is 6.13. The molecule has 0 spiro atoms. The molecule has 1 aliphatic rings. The number of nitrogens with zero attached hydrogens (tertiary/aromatic N) is 2. The quantitative estimate of drug-likeness (QED) is 0.271. The molecule has 0 fully saturated rings. The second-order valence-electron chi connectivity index (χ2n) is 9.01. The number of benzene rings is 2. The molecule has 2 heterocycles. The van der Waals surface area contributed by atoms with Crippen LogP contribution in [-0.2, 0) is 19.1 Å². The van der Waals surface area contributed by atoms with Crippen LogP contribution < -0.4 is 33.8 Å². The number of hydrogen-bond acceptors (Lipinski definition) is 11. The van der Waals surface area contributed by atoms with Crippen molar-refractivity contribution in [3.8, 4) is 23.0 Å². The van der Waals surface area contributed by atoms with Crippen LogP contribution >= 0.6 is 11.3 Å². The van der Waals surface area contributed by atoms with Crippen LogP contribution in [0.4, 0.5) is 0 Å². The van der Waals surface area contributed by atoms with E-state index in [1.54, 1.807) is 63.2 Å². The maximum atomic E-state index is 14.0. The molecule has 0 aliphatic carbocycles. The molecular weight excluding hydrogens is 564 g/mol. The Morgan fingerprint density at radius 2 is 1.74 bits per heavy atom. The molecule has 0 saturated carbocycles. The van der Waals surface area contributed by atoms with Crippen molar-refractivity contribution in [3.05, 3.63) is 78.5 Å². The minimum atomic E-state index is -0.925. The maximum absolute atomic E-state index is 14.0. The Bertz CT molecular complexity index is 1770. The summed E-state index contributed by atoms with van der Waals surface area (Å²) in [5.41, 5.74) is 1.09. The lowest BCUT2D eigenvalue weighted by Gasteiger charge is -2.25. The molecule has 0 N–H and O–H groups in total. The number of carbonyl (C=O) groups is 3. The Kier molecular flexibility index (Phi) is 9.26. The van der Waals surface area contributed by atoms with E-state index in [2.05, 4.69) is 4.99 Å². The van der Waals surface area contributed by atoms with Gasteiger partial charge in [-0.2, -0.15) is 0 Å². The molecule has 1 aliphatic heterocycles. The summed E-state index contributed by atoms with van der Waals surface area (Å²) in [7, 11) is 1.45. The molecule has 1 atom stereocenters. The van der Waals surface area contributed by atoms with E-state index in [0.717, 1.165) is 11.3 Å². The lowest BCUT2D eigenvalue weighted by atomic mass is 9.95. The molecular formula is C30H30N2O9S. The fourth-order valence-electron chi connectivity index (χ4n) is 4.51. The molecule has 3 aromatic rings. The molecule has 11 nitrogen and oxygen atoms in total. The van der Waals surface area contributed by atoms with Crippen LogP contribution in [0.25, 0.3) is 6.08 Å². The van der Waals surface area contributed by atoms with Crippen LogP contribution in [0.15, 0.2) is 57.5 Å². The Hall–Kier alpha value is -4.71. The number of esters is 3. The molecule has 2 aromatic carbocycles. The van der Waals surface area contributed by atoms with Crippen molar-refractivity contribution in [1.82, 2.24) is 4.57 Å². The second kappa shape index (κ2) is 12.9. The number of hydrogen-bond donors (Lipinski definition) is 0. The minimum absolute atomic E-state index is 0.122. The zero-order chi connectivity index (χ0) is 30.6. The predicted molar refractivity (Wildman–Crippen MR) is 154 cm³/mol. The number of thiazole rings is 1. The van der Waals surface area contributed by atoms with Gasteiger partial charge in [-0.3, -0.25) is 19.0 Å². The highest BCUT2D eigenvalue weighted by molar-refractivity contribution is 7.07. The van der Waals surface area contributed by atoms with Crippen molar-refractivity contribution in [3.63, 3.8) is 0 Å². The Morgan fingerprint density at radius 1 is 1.00 bits per heavy atom. The first kappa shape index (κ1) is 30.3. The molecule has 0 amide bonds. The van der Waals surface area contributed by atoms with Gasteiger partial charge >= 0.3 is 17.9 Å². The van der Waals surface area contributed by atoms with Crippen LogP contribution in [0.1, 0.15) is 51.8 Å². The van der Waals surface area contributed by atoms with Gasteiger partial charge in [-0.1, -0.05) is 29.5 Å². The molecule has 0 bridgehead atoms. The van der Waals surface area contributed by atoms with E-state index in [-0.39, 0.29) is 40.6 Å². The molecule has 1 aromatic heterocycles. The molecule has 0 saturated heterocycles. The molecule has 220 valence electrons. The lowest BCUT2D eigenvalue weighted by molar-refractivity contribution is -0.139. The van der Waals surface area contributed by atoms with Gasteiger partial charge < -0.3 is 23.7 Å². The fraction of sp³-hybridized carbons (Fsp3) is 0.300. The maximum Gasteiger partial charge on any atom is 0.338 e. The summed E-state index contributed by atoms with van der Waals surface area (Å²) < 4.78 is 28.8. The number of rotatable bonds is 9. The minimum Gasteiger partial charge on any atom is -0.493 e. The first-order valence-corrected chi connectivity index (χ1v) is 13.9. The highest BCUT2D eigenvalue weighted by Gasteiger charge is 2.34. The average molecular weight is 595 g/mol. The smallest absolute Gasteiger partial charge is 0.338 e. The Morgan fingerprint density at radius 3 is 2.38 bits per heavy atom. The molecule has 1 unspecified atom stereocenters. The number of methoxy groups -OCH3 is 1. The zero-order valence-corrected chi connectivity index (χ0v) is 24.8. The van der Waals surface area contributed by atoms with E-state index in [4.69, 9.17) is 23.7 Å². The van der Waals surface area contributed by atoms with Crippen molar-refractivity contribution in [2.75, 3.05) is 20.3 Å². The summed E-state index contributed by atoms with van der Waals surface area (Å²) in [5, 5.41) is 0. The number of ether oxygens (including phenoxy) is 5. The van der Waals surface area contributed by atoms with E-state index in [1.165, 1.54) is 25.5 Å². The SMILES string of the molecule is CCOC(=O)C1=C(C)N=c2sc(=Cc3cccc(OC)c3OC(C)=O)c(=O)n2C1c1ccc(OC(C)=O)c(OCC)c1. The highest BCUT2D eigenvalue weighted by Crippen LogP contribution is 2.37. The average Bonchev–Trinajstić information content (AvgIpc) is 3.23. The van der Waals surface area contributed by atoms with E-state index < -0.39 is 29.5 Å². The predicted octanol–water partition coefficient (Wildman–Crippen LogP) is 3.06. The molecule has 12 heteroatoms. The van der Waals surface area contributed by atoms with Crippen molar-refractivity contribution >= 4 is 35.3 Å². The van der Waals surface area contributed by atoms with E-state index in [1.807, 2.05) is 0 Å². The van der Waals surface area contributed by atoms with Crippen LogP contribution in [0.3, 0.4) is 0 Å². The van der Waals surface area contributed by atoms with Gasteiger partial charge in [-0.15, -0.1) is 0 Å². The van der Waals surface area contributed by atoms with Gasteiger partial charge in [0.25, 0.3) is 5.56 Å². The van der Waals surface area contributed by atoms with Crippen molar-refractivity contribution in [1.29, 1.82) is 0 Å². The number of carbonyl (C=O) groups excluding carboxylic acids is 3. The normalized spacial score (nSPS) is 14.5. The van der Waals surface area contributed by atoms with Gasteiger partial charge in [-0.05, 0) is 50.6 Å². The van der Waals surface area contributed by atoms with Crippen molar-refractivity contribution in [2.45, 2.75) is 40.7 Å². The number of aromatic nitrogens is 1. The summed E-state index contributed by atoms with van der Waals surface area (Å²) in [6.07, 6.45) is 1.58. The second-order valence-corrected chi connectivity index (χ2v) is 10.0. The molecule has 0 radical (unpaired) electrons. The fourth-order valence-corrected chi connectivity index (χ4v) is 5.55. The molecule has 4 rings (SSSR count). The van der Waals surface area contributed by atoms with Gasteiger partial charge in [0.2, 0.25) is 0 Å². The van der Waals surface area contributed by atoms with E-state index >= 15 is 0 Å². The topological polar surface area (TPSA) is 132 Å². The zero-order valence-electron chi connectivity index (χ0n) is 24.0. The number of para-hydroxylation sites is 1. The van der Waals surface area contributed by atoms with Crippen LogP contribution in [-0.4, -0.2) is 42.8 Å². The van der Waals surface area contributed by atoms with Gasteiger partial charge in [-0.25, -0.2) is 9.79 Å². The Labute approximate surface area is 245 Å². The van der Waals surface area contributed by atoms with Gasteiger partial charge in [0, 0.05) is 19.4 Å². The van der Waals surface area contributed by atoms with Crippen molar-refractivity contribution < 1.29 is 38.1 Å². The third-order valence-electron chi connectivity index (χ3n) is 6.12. The van der Waals surface area contributed by atoms with Gasteiger partial charge in [0.15, 0.2) is 27.8 Å². The largest absolute Gasteiger partial charge is 0.493 e. The first-order chi connectivity index (χ1) is 20.1. The third-order valence-corrected chi connectivity index (χ3v) is 7.10. The number of allylic oxidation sites excluding steroid dienone is 1. The van der Waals surface area contributed by atoms with Gasteiger partial charge in [0.05, 0.1) is 42.2 Å². The van der Waals surface area contributed by atoms with Crippen LogP contribution in [0.2, 0.25) is 0 Å². The standard InChI is InChI=1S/C30H30N2O9S/c1-7-38-23-14-19(12-13-21(23)40-17(4)33)26-25(29(36)39-8-2)16(3)31-30-32(26)28(35)24(42-30)15-20-10-9-11-22(37-6)27(20)41-18(5)34/h9-15,26H,7-8H2,1-6H3. The van der Waals surface area contributed by atoms with Crippen LogP contribution in [0, 0.1) is 0 Å². The van der Waals surface area contributed by atoms with Gasteiger partial charge in [0.1, 0.15) is 0 Å². The first-order valence-electron chi connectivity index (χ1n) is 13.1. The summed E-state index contributed by atoms with van der Waals surface area (Å²) in [4.78, 5) is 55.6. The van der Waals surface area contributed by atoms with Crippen LogP contribution in [0.5, 0.6) is 23.0 Å². The molecule has 42 heavy (non-hydrogen) atoms.